The first kappa shape index (κ1) is 8.48. The van der Waals surface area contributed by atoms with Gasteiger partial charge in [0.1, 0.15) is 0 Å². The zero-order chi connectivity index (χ0) is 8.48. The predicted octanol–water partition coefficient (Wildman–Crippen LogP) is -0.420. The molecule has 0 aromatic carbocycles. The third-order valence-electron chi connectivity index (χ3n) is 1.48. The topological polar surface area (TPSA) is 80.7 Å². The quantitative estimate of drug-likeness (QED) is 0.438. The molecule has 0 saturated carbocycles. The molecule has 1 atom stereocenters. The summed E-state index contributed by atoms with van der Waals surface area (Å²) in [5.74, 6) is -0.848. The van der Waals surface area contributed by atoms with E-state index < -0.39 is 21.3 Å². The van der Waals surface area contributed by atoms with Crippen LogP contribution >= 0.6 is 0 Å². The Kier molecular flexibility index (Phi) is 2.15. The highest BCUT2D eigenvalue weighted by Crippen LogP contribution is 2.14. The van der Waals surface area contributed by atoms with Crippen molar-refractivity contribution in [2.24, 2.45) is 0 Å². The van der Waals surface area contributed by atoms with Crippen molar-refractivity contribution in [2.45, 2.75) is 18.1 Å². The van der Waals surface area contributed by atoms with Crippen molar-refractivity contribution < 1.29 is 22.5 Å². The van der Waals surface area contributed by atoms with Gasteiger partial charge in [0.25, 0.3) is 10.1 Å². The molecule has 64 valence electrons. The van der Waals surface area contributed by atoms with E-state index in [0.717, 1.165) is 0 Å². The van der Waals surface area contributed by atoms with Crippen molar-refractivity contribution in [3.63, 3.8) is 0 Å². The van der Waals surface area contributed by atoms with Crippen LogP contribution in [0.2, 0.25) is 0 Å². The highest BCUT2D eigenvalue weighted by Gasteiger charge is 2.34. The highest BCUT2D eigenvalue weighted by atomic mass is 32.2. The summed E-state index contributed by atoms with van der Waals surface area (Å²) in [6.07, 6.45) is 0.633. The molecule has 1 unspecified atom stereocenters. The molecule has 1 aliphatic heterocycles. The summed E-state index contributed by atoms with van der Waals surface area (Å²) >= 11 is 0. The third-order valence-corrected chi connectivity index (χ3v) is 2.62. The molecule has 1 fully saturated rings. The average Bonchev–Trinajstić information content (AvgIpc) is 1.86. The van der Waals surface area contributed by atoms with Gasteiger partial charge in [-0.25, -0.2) is 0 Å². The number of hydrogen-bond donors (Lipinski definition) is 1. The van der Waals surface area contributed by atoms with Gasteiger partial charge in [-0.2, -0.15) is 8.42 Å². The van der Waals surface area contributed by atoms with Crippen LogP contribution in [0.3, 0.4) is 0 Å². The van der Waals surface area contributed by atoms with Crippen molar-refractivity contribution in [2.75, 3.05) is 6.61 Å². The van der Waals surface area contributed by atoms with Crippen LogP contribution < -0.4 is 0 Å². The number of hydrogen-bond acceptors (Lipinski definition) is 4. The number of esters is 1. The first-order valence-electron chi connectivity index (χ1n) is 3.15. The SMILES string of the molecule is O=C1OCCCC1S(=O)(=O)O. The van der Waals surface area contributed by atoms with E-state index in [4.69, 9.17) is 4.55 Å². The number of ether oxygens (including phenoxy) is 1. The van der Waals surface area contributed by atoms with Crippen LogP contribution in [-0.4, -0.2) is 30.8 Å². The molecule has 0 aromatic rings. The van der Waals surface area contributed by atoms with E-state index in [9.17, 15) is 13.2 Å². The molecule has 11 heavy (non-hydrogen) atoms. The van der Waals surface area contributed by atoms with Crippen LogP contribution in [-0.2, 0) is 19.6 Å². The van der Waals surface area contributed by atoms with E-state index in [1.807, 2.05) is 0 Å². The lowest BCUT2D eigenvalue weighted by atomic mass is 10.2. The molecule has 0 amide bonds. The lowest BCUT2D eigenvalue weighted by molar-refractivity contribution is -0.146. The number of cyclic esters (lactones) is 1. The van der Waals surface area contributed by atoms with Crippen molar-refractivity contribution in [3.05, 3.63) is 0 Å². The predicted molar refractivity (Wildman–Crippen MR) is 35.5 cm³/mol. The second-order valence-corrected chi connectivity index (χ2v) is 3.91. The third kappa shape index (κ3) is 1.90. The Bertz CT molecular complexity index is 254. The fraction of sp³-hybridized carbons (Fsp3) is 0.800. The monoisotopic (exact) mass is 180 g/mol. The molecule has 0 spiro atoms. The van der Waals surface area contributed by atoms with Gasteiger partial charge in [-0.1, -0.05) is 0 Å². The zero-order valence-electron chi connectivity index (χ0n) is 5.69. The molecule has 1 N–H and O–H groups in total. The Hall–Kier alpha value is -0.620. The zero-order valence-corrected chi connectivity index (χ0v) is 6.50. The number of carbonyl (C=O) groups is 1. The average molecular weight is 180 g/mol. The van der Waals surface area contributed by atoms with Gasteiger partial charge < -0.3 is 4.74 Å². The maximum Gasteiger partial charge on any atom is 0.326 e. The van der Waals surface area contributed by atoms with Crippen molar-refractivity contribution >= 4 is 16.1 Å². The lowest BCUT2D eigenvalue weighted by Gasteiger charge is -2.17. The Morgan fingerprint density at radius 1 is 1.55 bits per heavy atom. The smallest absolute Gasteiger partial charge is 0.326 e. The second kappa shape index (κ2) is 2.78. The van der Waals surface area contributed by atoms with Crippen LogP contribution in [0.1, 0.15) is 12.8 Å². The molecule has 0 radical (unpaired) electrons. The molecule has 5 nitrogen and oxygen atoms in total. The summed E-state index contributed by atoms with van der Waals surface area (Å²) in [6, 6.07) is 0. The molecule has 1 rings (SSSR count). The largest absolute Gasteiger partial charge is 0.465 e. The summed E-state index contributed by atoms with van der Waals surface area (Å²) < 4.78 is 33.8. The van der Waals surface area contributed by atoms with Crippen molar-refractivity contribution in [1.82, 2.24) is 0 Å². The fourth-order valence-electron chi connectivity index (χ4n) is 0.923. The molecule has 1 saturated heterocycles. The first-order chi connectivity index (χ1) is 5.02. The number of rotatable bonds is 1. The number of carbonyl (C=O) groups excluding carboxylic acids is 1. The van der Waals surface area contributed by atoms with Gasteiger partial charge in [0.15, 0.2) is 5.25 Å². The lowest BCUT2D eigenvalue weighted by Crippen LogP contribution is -2.35. The van der Waals surface area contributed by atoms with Crippen molar-refractivity contribution in [3.8, 4) is 0 Å². The second-order valence-electron chi connectivity index (χ2n) is 2.31. The van der Waals surface area contributed by atoms with E-state index in [1.165, 1.54) is 0 Å². The van der Waals surface area contributed by atoms with Crippen molar-refractivity contribution in [1.29, 1.82) is 0 Å². The molecule has 1 heterocycles. The maximum absolute atomic E-state index is 10.7. The summed E-state index contributed by atoms with van der Waals surface area (Å²) in [7, 11) is -4.25. The Morgan fingerprint density at radius 2 is 2.18 bits per heavy atom. The molecular formula is C5H8O5S. The van der Waals surface area contributed by atoms with Gasteiger partial charge in [-0.05, 0) is 12.8 Å². The van der Waals surface area contributed by atoms with E-state index in [1.54, 1.807) is 0 Å². The van der Waals surface area contributed by atoms with E-state index in [0.29, 0.717) is 6.42 Å². The molecule has 0 aromatic heterocycles. The molecule has 1 aliphatic rings. The Morgan fingerprint density at radius 3 is 2.55 bits per heavy atom. The van der Waals surface area contributed by atoms with Crippen LogP contribution in [0, 0.1) is 0 Å². The molecule has 6 heteroatoms. The van der Waals surface area contributed by atoms with Gasteiger partial charge in [0.2, 0.25) is 0 Å². The minimum absolute atomic E-state index is 0.150. The van der Waals surface area contributed by atoms with Crippen LogP contribution in [0.25, 0.3) is 0 Å². The minimum Gasteiger partial charge on any atom is -0.465 e. The maximum atomic E-state index is 10.7. The van der Waals surface area contributed by atoms with E-state index in [-0.39, 0.29) is 13.0 Å². The standard InChI is InChI=1S/C5H8O5S/c6-5-4(11(7,8)9)2-1-3-10-5/h4H,1-3H2,(H,7,8,9). The van der Waals surface area contributed by atoms with Gasteiger partial charge in [-0.15, -0.1) is 0 Å². The van der Waals surface area contributed by atoms with Gasteiger partial charge in [0.05, 0.1) is 6.61 Å². The molecule has 0 bridgehead atoms. The molecular weight excluding hydrogens is 172 g/mol. The van der Waals surface area contributed by atoms with Crippen LogP contribution in [0.4, 0.5) is 0 Å². The van der Waals surface area contributed by atoms with E-state index >= 15 is 0 Å². The summed E-state index contributed by atoms with van der Waals surface area (Å²) in [5, 5.41) is -1.36. The highest BCUT2D eigenvalue weighted by molar-refractivity contribution is 7.87. The molecule has 0 aliphatic carbocycles. The first-order valence-corrected chi connectivity index (χ1v) is 4.65. The fourth-order valence-corrected chi connectivity index (χ4v) is 1.70. The van der Waals surface area contributed by atoms with Gasteiger partial charge in [-0.3, -0.25) is 9.35 Å². The normalized spacial score (nSPS) is 26.3. The summed E-state index contributed by atoms with van der Waals surface area (Å²) in [6.45, 7) is 0.241. The Labute approximate surface area is 64.1 Å². The summed E-state index contributed by atoms with van der Waals surface area (Å²) in [4.78, 5) is 10.7. The summed E-state index contributed by atoms with van der Waals surface area (Å²) in [5.41, 5.74) is 0. The van der Waals surface area contributed by atoms with Gasteiger partial charge in [0, 0.05) is 0 Å². The van der Waals surface area contributed by atoms with Crippen LogP contribution in [0.15, 0.2) is 0 Å². The minimum atomic E-state index is -4.25. The Balaban J connectivity index is 2.78. The van der Waals surface area contributed by atoms with Gasteiger partial charge >= 0.3 is 5.97 Å². The van der Waals surface area contributed by atoms with Crippen LogP contribution in [0.5, 0.6) is 0 Å². The van der Waals surface area contributed by atoms with E-state index in [2.05, 4.69) is 4.74 Å².